The van der Waals surface area contributed by atoms with Gasteiger partial charge in [0.2, 0.25) is 0 Å². The van der Waals surface area contributed by atoms with E-state index in [4.69, 9.17) is 9.47 Å². The maximum Gasteiger partial charge on any atom is 0.417 e. The fourth-order valence-electron chi connectivity index (χ4n) is 1.43. The van der Waals surface area contributed by atoms with E-state index in [0.717, 1.165) is 0 Å². The molecule has 0 bridgehead atoms. The van der Waals surface area contributed by atoms with E-state index >= 15 is 0 Å². The zero-order chi connectivity index (χ0) is 13.8. The van der Waals surface area contributed by atoms with Gasteiger partial charge in [0.15, 0.2) is 0 Å². The summed E-state index contributed by atoms with van der Waals surface area (Å²) >= 11 is 0. The predicted molar refractivity (Wildman–Crippen MR) is 59.6 cm³/mol. The fraction of sp³-hybridized carbons (Fsp3) is 0.250. The normalized spacial score (nSPS) is 12.2. The molecule has 0 radical (unpaired) electrons. The second kappa shape index (κ2) is 5.57. The van der Waals surface area contributed by atoms with E-state index in [0.29, 0.717) is 11.8 Å². The Morgan fingerprint density at radius 1 is 1.22 bits per heavy atom. The summed E-state index contributed by atoms with van der Waals surface area (Å²) < 4.78 is 48.1. The van der Waals surface area contributed by atoms with E-state index in [9.17, 15) is 18.0 Å². The Labute approximate surface area is 102 Å². The van der Waals surface area contributed by atoms with Gasteiger partial charge in [-0.25, -0.2) is 0 Å². The van der Waals surface area contributed by atoms with Gasteiger partial charge in [0.25, 0.3) is 0 Å². The summed E-state index contributed by atoms with van der Waals surface area (Å²) in [6.45, 7) is 0. The van der Waals surface area contributed by atoms with Gasteiger partial charge < -0.3 is 9.47 Å². The molecule has 1 aromatic rings. The highest BCUT2D eigenvalue weighted by Gasteiger charge is 2.36. The summed E-state index contributed by atoms with van der Waals surface area (Å²) in [7, 11) is 2.63. The molecule has 0 unspecified atom stereocenters. The van der Waals surface area contributed by atoms with Crippen LogP contribution in [0.4, 0.5) is 13.2 Å². The predicted octanol–water partition coefficient (Wildman–Crippen LogP) is 2.85. The van der Waals surface area contributed by atoms with Gasteiger partial charge in [0.1, 0.15) is 17.8 Å². The standard InChI is InChI=1S/C12H11F3O3/c1-17-8-3-4-9(11(7-8)18-2)10(5-6-16)12(13,14)15/h3-7H,1-2H3/b10-5-. The minimum atomic E-state index is -4.64. The zero-order valence-electron chi connectivity index (χ0n) is 9.75. The van der Waals surface area contributed by atoms with Crippen LogP contribution >= 0.6 is 0 Å². The van der Waals surface area contributed by atoms with Crippen molar-refractivity contribution in [2.24, 2.45) is 0 Å². The Hall–Kier alpha value is -1.98. The Balaban J connectivity index is 3.38. The van der Waals surface area contributed by atoms with E-state index < -0.39 is 11.7 Å². The molecule has 0 aromatic heterocycles. The Morgan fingerprint density at radius 2 is 1.89 bits per heavy atom. The second-order valence-electron chi connectivity index (χ2n) is 3.28. The van der Waals surface area contributed by atoms with Gasteiger partial charge >= 0.3 is 6.18 Å². The van der Waals surface area contributed by atoms with Gasteiger partial charge in [0, 0.05) is 11.6 Å². The summed E-state index contributed by atoms with van der Waals surface area (Å²) in [5, 5.41) is 0. The number of hydrogen-bond acceptors (Lipinski definition) is 3. The van der Waals surface area contributed by atoms with Crippen LogP contribution in [0.15, 0.2) is 24.3 Å². The number of halogens is 3. The molecule has 0 atom stereocenters. The van der Waals surface area contributed by atoms with Crippen LogP contribution in [0.5, 0.6) is 11.5 Å². The number of carbonyl (C=O) groups excluding carboxylic acids is 1. The number of allylic oxidation sites excluding steroid dienone is 2. The molecule has 0 aliphatic rings. The topological polar surface area (TPSA) is 35.5 Å². The van der Waals surface area contributed by atoms with Crippen molar-refractivity contribution >= 4 is 11.9 Å². The van der Waals surface area contributed by atoms with Crippen molar-refractivity contribution in [3.63, 3.8) is 0 Å². The molecule has 0 spiro atoms. The first-order valence-corrected chi connectivity index (χ1v) is 4.89. The highest BCUT2D eigenvalue weighted by Crippen LogP contribution is 2.39. The van der Waals surface area contributed by atoms with Gasteiger partial charge in [-0.15, -0.1) is 0 Å². The molecule has 0 amide bonds. The summed E-state index contributed by atoms with van der Waals surface area (Å²) in [5.74, 6) is 0.350. The third-order valence-corrected chi connectivity index (χ3v) is 2.24. The Morgan fingerprint density at radius 3 is 2.33 bits per heavy atom. The van der Waals surface area contributed by atoms with Crippen molar-refractivity contribution < 1.29 is 27.4 Å². The van der Waals surface area contributed by atoms with E-state index in [2.05, 4.69) is 0 Å². The fourth-order valence-corrected chi connectivity index (χ4v) is 1.43. The number of ether oxygens (including phenoxy) is 2. The first-order valence-electron chi connectivity index (χ1n) is 4.89. The average molecular weight is 260 g/mol. The molecule has 0 saturated heterocycles. The van der Waals surface area contributed by atoms with Crippen molar-refractivity contribution in [2.75, 3.05) is 14.2 Å². The lowest BCUT2D eigenvalue weighted by Crippen LogP contribution is -2.12. The molecule has 98 valence electrons. The molecule has 1 aromatic carbocycles. The molecule has 0 fully saturated rings. The van der Waals surface area contributed by atoms with Gasteiger partial charge in [-0.3, -0.25) is 4.79 Å². The molecule has 0 aliphatic carbocycles. The lowest BCUT2D eigenvalue weighted by Gasteiger charge is -2.15. The lowest BCUT2D eigenvalue weighted by atomic mass is 10.0. The SMILES string of the molecule is COc1ccc(/C(=C/C=O)C(F)(F)F)c(OC)c1. The number of benzene rings is 1. The van der Waals surface area contributed by atoms with E-state index in [-0.39, 0.29) is 17.6 Å². The first kappa shape index (κ1) is 14.1. The Kier molecular flexibility index (Phi) is 4.36. The Bertz CT molecular complexity index is 464. The van der Waals surface area contributed by atoms with Crippen LogP contribution in [0.1, 0.15) is 5.56 Å². The monoisotopic (exact) mass is 260 g/mol. The number of hydrogen-bond donors (Lipinski definition) is 0. The third-order valence-electron chi connectivity index (χ3n) is 2.24. The smallest absolute Gasteiger partial charge is 0.417 e. The molecule has 18 heavy (non-hydrogen) atoms. The molecule has 3 nitrogen and oxygen atoms in total. The number of methoxy groups -OCH3 is 2. The minimum absolute atomic E-state index is 0.0141. The highest BCUT2D eigenvalue weighted by atomic mass is 19.4. The number of aldehydes is 1. The van der Waals surface area contributed by atoms with Gasteiger partial charge in [-0.1, -0.05) is 0 Å². The number of alkyl halides is 3. The van der Waals surface area contributed by atoms with E-state index in [1.807, 2.05) is 0 Å². The summed E-state index contributed by atoms with van der Waals surface area (Å²) in [4.78, 5) is 10.3. The van der Waals surface area contributed by atoms with Crippen molar-refractivity contribution in [3.8, 4) is 11.5 Å². The van der Waals surface area contributed by atoms with Crippen LogP contribution in [-0.2, 0) is 4.79 Å². The molecule has 0 heterocycles. The molecular formula is C12H11F3O3. The zero-order valence-corrected chi connectivity index (χ0v) is 9.75. The molecule has 0 saturated carbocycles. The molecule has 0 aliphatic heterocycles. The quantitative estimate of drug-likeness (QED) is 0.617. The maximum absolute atomic E-state index is 12.8. The van der Waals surface area contributed by atoms with Crippen LogP contribution in [0.25, 0.3) is 5.57 Å². The average Bonchev–Trinajstić information content (AvgIpc) is 2.34. The van der Waals surface area contributed by atoms with Gasteiger partial charge in [-0.05, 0) is 18.2 Å². The van der Waals surface area contributed by atoms with Crippen LogP contribution in [0.2, 0.25) is 0 Å². The third kappa shape index (κ3) is 3.03. The van der Waals surface area contributed by atoms with E-state index in [1.54, 1.807) is 0 Å². The van der Waals surface area contributed by atoms with Crippen LogP contribution in [0, 0.1) is 0 Å². The molecule has 1 rings (SSSR count). The first-order chi connectivity index (χ1) is 8.43. The van der Waals surface area contributed by atoms with Crippen molar-refractivity contribution in [1.29, 1.82) is 0 Å². The van der Waals surface area contributed by atoms with Gasteiger partial charge in [-0.2, -0.15) is 13.2 Å². The highest BCUT2D eigenvalue weighted by molar-refractivity contribution is 5.85. The molecule has 0 N–H and O–H groups in total. The second-order valence-corrected chi connectivity index (χ2v) is 3.28. The van der Waals surface area contributed by atoms with Crippen molar-refractivity contribution in [2.45, 2.75) is 6.18 Å². The van der Waals surface area contributed by atoms with Crippen LogP contribution in [-0.4, -0.2) is 26.7 Å². The van der Waals surface area contributed by atoms with Gasteiger partial charge in [0.05, 0.1) is 19.8 Å². The number of rotatable bonds is 4. The van der Waals surface area contributed by atoms with Crippen molar-refractivity contribution in [1.82, 2.24) is 0 Å². The minimum Gasteiger partial charge on any atom is -0.497 e. The number of carbonyl (C=O) groups is 1. The van der Waals surface area contributed by atoms with Crippen LogP contribution < -0.4 is 9.47 Å². The van der Waals surface area contributed by atoms with Crippen molar-refractivity contribution in [3.05, 3.63) is 29.8 Å². The maximum atomic E-state index is 12.8. The molecule has 6 heteroatoms. The largest absolute Gasteiger partial charge is 0.497 e. The molecular weight excluding hydrogens is 249 g/mol. The summed E-state index contributed by atoms with van der Waals surface area (Å²) in [5.41, 5.74) is -1.27. The summed E-state index contributed by atoms with van der Waals surface area (Å²) in [6.07, 6.45) is -4.08. The van der Waals surface area contributed by atoms with Crippen LogP contribution in [0.3, 0.4) is 0 Å². The van der Waals surface area contributed by atoms with E-state index in [1.165, 1.54) is 32.4 Å². The summed E-state index contributed by atoms with van der Waals surface area (Å²) in [6, 6.07) is 3.88. The lowest BCUT2D eigenvalue weighted by molar-refractivity contribution is -0.104.